The molecule has 0 unspecified atom stereocenters. The first kappa shape index (κ1) is 15.5. The van der Waals surface area contributed by atoms with Gasteiger partial charge in [0.2, 0.25) is 5.78 Å². The number of benzene rings is 2. The highest BCUT2D eigenvalue weighted by Crippen LogP contribution is 2.20. The van der Waals surface area contributed by atoms with Crippen LogP contribution in [0.5, 0.6) is 0 Å². The topological polar surface area (TPSA) is 59.2 Å². The number of nitrogens with one attached hydrogen (secondary N) is 1. The van der Waals surface area contributed by atoms with Gasteiger partial charge in [-0.3, -0.25) is 4.79 Å². The number of aromatic nitrogens is 1. The van der Waals surface area contributed by atoms with E-state index < -0.39 is 12.1 Å². The molecule has 0 bridgehead atoms. The summed E-state index contributed by atoms with van der Waals surface area (Å²) in [4.78, 5) is 27.7. The molecule has 5 heteroatoms. The van der Waals surface area contributed by atoms with Crippen molar-refractivity contribution < 1.29 is 14.3 Å². The van der Waals surface area contributed by atoms with Crippen molar-refractivity contribution in [1.82, 2.24) is 4.98 Å². The van der Waals surface area contributed by atoms with Crippen LogP contribution in [-0.2, 0) is 4.74 Å². The van der Waals surface area contributed by atoms with Crippen LogP contribution < -0.4 is 0 Å². The van der Waals surface area contributed by atoms with E-state index in [2.05, 4.69) is 20.9 Å². The summed E-state index contributed by atoms with van der Waals surface area (Å²) in [5.41, 5.74) is 1.80. The third kappa shape index (κ3) is 3.19. The van der Waals surface area contributed by atoms with Crippen LogP contribution in [0.15, 0.2) is 59.2 Å². The van der Waals surface area contributed by atoms with Crippen LogP contribution in [0.25, 0.3) is 10.9 Å². The van der Waals surface area contributed by atoms with Crippen molar-refractivity contribution in [1.29, 1.82) is 0 Å². The molecule has 1 atom stereocenters. The second-order valence-corrected chi connectivity index (χ2v) is 6.09. The summed E-state index contributed by atoms with van der Waals surface area (Å²) >= 11 is 3.31. The Hall–Kier alpha value is -2.40. The fourth-order valence-electron chi connectivity index (χ4n) is 2.39. The van der Waals surface area contributed by atoms with Crippen LogP contribution in [0.1, 0.15) is 27.6 Å². The molecule has 0 saturated carbocycles. The van der Waals surface area contributed by atoms with E-state index in [1.807, 2.05) is 30.3 Å². The number of carbonyl (C=O) groups excluding carboxylic acids is 2. The van der Waals surface area contributed by atoms with E-state index in [0.29, 0.717) is 11.1 Å². The summed E-state index contributed by atoms with van der Waals surface area (Å²) < 4.78 is 6.08. The van der Waals surface area contributed by atoms with Gasteiger partial charge in [0.25, 0.3) is 0 Å². The number of para-hydroxylation sites is 1. The van der Waals surface area contributed by atoms with Gasteiger partial charge in [-0.25, -0.2) is 4.79 Å². The average molecular weight is 372 g/mol. The lowest BCUT2D eigenvalue weighted by molar-refractivity contribution is 0.0319. The standard InChI is InChI=1S/C18H14BrNO3/c1-11(23-18(22)12-5-4-6-13(19)9-12)17(21)15-10-20-16-8-3-2-7-14(15)16/h2-11,20H,1H3/t11-/m0/s1. The molecule has 0 radical (unpaired) electrons. The third-order valence-corrected chi connectivity index (χ3v) is 4.06. The predicted octanol–water partition coefficient (Wildman–Crippen LogP) is 4.36. The molecular weight excluding hydrogens is 358 g/mol. The summed E-state index contributed by atoms with van der Waals surface area (Å²) in [7, 11) is 0. The first-order chi connectivity index (χ1) is 11.1. The van der Waals surface area contributed by atoms with Crippen LogP contribution in [0.3, 0.4) is 0 Å². The third-order valence-electron chi connectivity index (χ3n) is 3.57. The Bertz CT molecular complexity index is 885. The van der Waals surface area contributed by atoms with Gasteiger partial charge in [-0.1, -0.05) is 40.2 Å². The van der Waals surface area contributed by atoms with Gasteiger partial charge in [0.05, 0.1) is 5.56 Å². The highest BCUT2D eigenvalue weighted by atomic mass is 79.9. The molecule has 1 N–H and O–H groups in total. The molecule has 4 nitrogen and oxygen atoms in total. The van der Waals surface area contributed by atoms with Crippen molar-refractivity contribution in [2.75, 3.05) is 0 Å². The van der Waals surface area contributed by atoms with Crippen molar-refractivity contribution in [3.63, 3.8) is 0 Å². The number of hydrogen-bond donors (Lipinski definition) is 1. The Balaban J connectivity index is 1.79. The number of carbonyl (C=O) groups is 2. The van der Waals surface area contributed by atoms with E-state index >= 15 is 0 Å². The number of Topliss-reactive ketones (excluding diaryl/α,β-unsaturated/α-hetero) is 1. The lowest BCUT2D eigenvalue weighted by Gasteiger charge is -2.12. The number of ether oxygens (including phenoxy) is 1. The van der Waals surface area contributed by atoms with Gasteiger partial charge in [0, 0.05) is 27.1 Å². The van der Waals surface area contributed by atoms with Crippen LogP contribution in [0.4, 0.5) is 0 Å². The Morgan fingerprint density at radius 1 is 1.13 bits per heavy atom. The number of rotatable bonds is 4. The minimum absolute atomic E-state index is 0.231. The van der Waals surface area contributed by atoms with Crippen LogP contribution in [-0.4, -0.2) is 22.8 Å². The first-order valence-corrected chi connectivity index (χ1v) is 7.92. The zero-order chi connectivity index (χ0) is 16.4. The van der Waals surface area contributed by atoms with E-state index in [-0.39, 0.29) is 5.78 Å². The molecule has 0 aliphatic rings. The molecule has 2 aromatic carbocycles. The zero-order valence-corrected chi connectivity index (χ0v) is 14.0. The smallest absolute Gasteiger partial charge is 0.338 e. The lowest BCUT2D eigenvalue weighted by Crippen LogP contribution is -2.24. The number of esters is 1. The van der Waals surface area contributed by atoms with Gasteiger partial charge < -0.3 is 9.72 Å². The van der Waals surface area contributed by atoms with Crippen molar-refractivity contribution in [3.05, 3.63) is 70.3 Å². The summed E-state index contributed by atoms with van der Waals surface area (Å²) in [6.07, 6.45) is 0.789. The summed E-state index contributed by atoms with van der Waals surface area (Å²) in [6, 6.07) is 14.4. The van der Waals surface area contributed by atoms with Crippen molar-refractivity contribution in [2.45, 2.75) is 13.0 Å². The average Bonchev–Trinajstić information content (AvgIpc) is 2.98. The van der Waals surface area contributed by atoms with Gasteiger partial charge in [0.15, 0.2) is 6.10 Å². The number of hydrogen-bond acceptors (Lipinski definition) is 3. The SMILES string of the molecule is C[C@H](OC(=O)c1cccc(Br)c1)C(=O)c1c[nH]c2ccccc12. The van der Waals surface area contributed by atoms with Gasteiger partial charge in [-0.2, -0.15) is 0 Å². The highest BCUT2D eigenvalue weighted by Gasteiger charge is 2.22. The quantitative estimate of drug-likeness (QED) is 0.547. The molecule has 23 heavy (non-hydrogen) atoms. The van der Waals surface area contributed by atoms with E-state index in [4.69, 9.17) is 4.74 Å². The summed E-state index contributed by atoms with van der Waals surface area (Å²) in [6.45, 7) is 1.58. The molecule has 0 aliphatic heterocycles. The molecule has 0 fully saturated rings. The molecule has 3 aromatic rings. The fourth-order valence-corrected chi connectivity index (χ4v) is 2.79. The molecule has 116 valence electrons. The summed E-state index contributed by atoms with van der Waals surface area (Å²) in [5, 5.41) is 0.822. The molecule has 0 amide bonds. The number of halogens is 1. The monoisotopic (exact) mass is 371 g/mol. The van der Waals surface area contributed by atoms with E-state index in [1.54, 1.807) is 31.3 Å². The lowest BCUT2D eigenvalue weighted by atomic mass is 10.1. The van der Waals surface area contributed by atoms with Crippen LogP contribution in [0, 0.1) is 0 Å². The summed E-state index contributed by atoms with van der Waals surface area (Å²) in [5.74, 6) is -0.752. The largest absolute Gasteiger partial charge is 0.451 e. The van der Waals surface area contributed by atoms with Gasteiger partial charge in [0.1, 0.15) is 0 Å². The van der Waals surface area contributed by atoms with Crippen LogP contribution in [0.2, 0.25) is 0 Å². The van der Waals surface area contributed by atoms with Gasteiger partial charge >= 0.3 is 5.97 Å². The normalized spacial score (nSPS) is 12.1. The van der Waals surface area contributed by atoms with E-state index in [0.717, 1.165) is 15.4 Å². The van der Waals surface area contributed by atoms with Crippen LogP contribution >= 0.6 is 15.9 Å². The molecular formula is C18H14BrNO3. The second kappa shape index (κ2) is 6.38. The predicted molar refractivity (Wildman–Crippen MR) is 91.6 cm³/mol. The molecule has 1 heterocycles. The molecule has 3 rings (SSSR count). The number of ketones is 1. The molecule has 0 spiro atoms. The van der Waals surface area contributed by atoms with Gasteiger partial charge in [-0.05, 0) is 31.2 Å². The Morgan fingerprint density at radius 3 is 2.70 bits per heavy atom. The molecule has 0 aliphatic carbocycles. The molecule has 1 aromatic heterocycles. The Kier molecular flexibility index (Phi) is 4.30. The Labute approximate surface area is 141 Å². The number of fused-ring (bicyclic) bond motifs is 1. The van der Waals surface area contributed by atoms with E-state index in [1.165, 1.54) is 0 Å². The van der Waals surface area contributed by atoms with E-state index in [9.17, 15) is 9.59 Å². The molecule has 0 saturated heterocycles. The fraction of sp³-hybridized carbons (Fsp3) is 0.111. The van der Waals surface area contributed by atoms with Crippen molar-refractivity contribution in [2.24, 2.45) is 0 Å². The minimum atomic E-state index is -0.860. The zero-order valence-electron chi connectivity index (χ0n) is 12.4. The minimum Gasteiger partial charge on any atom is -0.451 e. The maximum atomic E-state index is 12.5. The maximum Gasteiger partial charge on any atom is 0.338 e. The second-order valence-electron chi connectivity index (χ2n) is 5.17. The Morgan fingerprint density at radius 2 is 1.91 bits per heavy atom. The number of H-pyrrole nitrogens is 1. The maximum absolute atomic E-state index is 12.5. The van der Waals surface area contributed by atoms with Gasteiger partial charge in [-0.15, -0.1) is 0 Å². The first-order valence-electron chi connectivity index (χ1n) is 7.13. The van der Waals surface area contributed by atoms with Crippen molar-refractivity contribution in [3.8, 4) is 0 Å². The number of aromatic amines is 1. The highest BCUT2D eigenvalue weighted by molar-refractivity contribution is 9.10. The van der Waals surface area contributed by atoms with Crippen molar-refractivity contribution >= 4 is 38.6 Å².